The molecular formula is C20H19N3O2. The van der Waals surface area contributed by atoms with Crippen LogP contribution >= 0.6 is 0 Å². The van der Waals surface area contributed by atoms with E-state index in [0.29, 0.717) is 12.1 Å². The van der Waals surface area contributed by atoms with Gasteiger partial charge in [-0.1, -0.05) is 48.5 Å². The molecule has 1 aliphatic rings. The summed E-state index contributed by atoms with van der Waals surface area (Å²) in [7, 11) is 0. The van der Waals surface area contributed by atoms with Crippen LogP contribution in [0.4, 0.5) is 5.69 Å². The fraction of sp³-hybridized carbons (Fsp3) is 0.150. The zero-order chi connectivity index (χ0) is 17.6. The van der Waals surface area contributed by atoms with Gasteiger partial charge in [-0.2, -0.15) is 0 Å². The van der Waals surface area contributed by atoms with Gasteiger partial charge >= 0.3 is 0 Å². The lowest BCUT2D eigenvalue weighted by Crippen LogP contribution is -2.27. The summed E-state index contributed by atoms with van der Waals surface area (Å²) in [4.78, 5) is 16.6. The molecule has 0 radical (unpaired) electrons. The summed E-state index contributed by atoms with van der Waals surface area (Å²) >= 11 is 0. The van der Waals surface area contributed by atoms with E-state index in [1.54, 1.807) is 6.21 Å². The Morgan fingerprint density at radius 3 is 2.56 bits per heavy atom. The van der Waals surface area contributed by atoms with Crippen molar-refractivity contribution in [2.24, 2.45) is 10.9 Å². The number of rotatable bonds is 4. The fourth-order valence-electron chi connectivity index (χ4n) is 2.62. The first-order valence-corrected chi connectivity index (χ1v) is 8.06. The van der Waals surface area contributed by atoms with Crippen LogP contribution in [0, 0.1) is 11.3 Å². The molecule has 3 rings (SSSR count). The Hall–Kier alpha value is -3.05. The molecule has 25 heavy (non-hydrogen) atoms. The Labute approximate surface area is 146 Å². The van der Waals surface area contributed by atoms with Crippen molar-refractivity contribution in [2.75, 3.05) is 5.32 Å². The van der Waals surface area contributed by atoms with Crippen LogP contribution < -0.4 is 5.32 Å². The predicted molar refractivity (Wildman–Crippen MR) is 99.7 cm³/mol. The molecule has 0 saturated heterocycles. The van der Waals surface area contributed by atoms with E-state index in [1.165, 1.54) is 0 Å². The van der Waals surface area contributed by atoms with Crippen molar-refractivity contribution in [3.05, 3.63) is 71.8 Å². The van der Waals surface area contributed by atoms with Crippen LogP contribution in [-0.4, -0.2) is 23.1 Å². The minimum absolute atomic E-state index is 0.000204. The minimum Gasteiger partial charge on any atom is -0.392 e. The molecule has 1 amide bonds. The molecule has 1 aliphatic heterocycles. The molecule has 0 spiro atoms. The molecule has 1 atom stereocenters. The molecule has 1 heterocycles. The number of nitrogens with one attached hydrogen (secondary N) is 2. The van der Waals surface area contributed by atoms with Crippen molar-refractivity contribution in [1.82, 2.24) is 0 Å². The number of carbonyl (C=O) groups excluding carboxylic acids is 1. The highest BCUT2D eigenvalue weighted by Crippen LogP contribution is 2.21. The molecule has 5 nitrogen and oxygen atoms in total. The first-order chi connectivity index (χ1) is 12.2. The highest BCUT2D eigenvalue weighted by atomic mass is 16.3. The summed E-state index contributed by atoms with van der Waals surface area (Å²) in [6, 6.07) is 16.7. The lowest BCUT2D eigenvalue weighted by molar-refractivity contribution is -0.118. The van der Waals surface area contributed by atoms with Crippen molar-refractivity contribution in [3.8, 4) is 0 Å². The second kappa shape index (κ2) is 7.68. The number of carbonyl (C=O) groups is 1. The maximum absolute atomic E-state index is 12.5. The Kier molecular flexibility index (Phi) is 5.16. The number of aliphatic hydroxyl groups excluding tert-OH is 1. The van der Waals surface area contributed by atoms with Crippen LogP contribution in [0.15, 0.2) is 65.7 Å². The minimum atomic E-state index is -0.620. The molecule has 3 N–H and O–H groups in total. The maximum atomic E-state index is 12.5. The van der Waals surface area contributed by atoms with Crippen molar-refractivity contribution < 1.29 is 9.90 Å². The van der Waals surface area contributed by atoms with Gasteiger partial charge in [-0.3, -0.25) is 10.2 Å². The Bertz CT molecular complexity index is 824. The predicted octanol–water partition coefficient (Wildman–Crippen LogP) is 3.27. The van der Waals surface area contributed by atoms with E-state index in [4.69, 9.17) is 10.5 Å². The zero-order valence-electron chi connectivity index (χ0n) is 13.6. The van der Waals surface area contributed by atoms with Crippen LogP contribution in [0.1, 0.15) is 17.5 Å². The van der Waals surface area contributed by atoms with Gasteiger partial charge < -0.3 is 10.4 Å². The molecule has 2 aromatic carbocycles. The van der Waals surface area contributed by atoms with E-state index in [9.17, 15) is 4.79 Å². The quantitative estimate of drug-likeness (QED) is 0.802. The highest BCUT2D eigenvalue weighted by Gasteiger charge is 2.24. The van der Waals surface area contributed by atoms with Crippen molar-refractivity contribution in [3.63, 3.8) is 0 Å². The van der Waals surface area contributed by atoms with Gasteiger partial charge in [0.25, 0.3) is 0 Å². The third-order valence-electron chi connectivity index (χ3n) is 4.07. The number of nitrogens with zero attached hydrogens (tertiary/aromatic N) is 1. The number of hydrogen-bond acceptors (Lipinski definition) is 3. The molecule has 2 aromatic rings. The molecule has 5 heteroatoms. The van der Waals surface area contributed by atoms with E-state index < -0.39 is 5.92 Å². The van der Waals surface area contributed by atoms with Crippen molar-refractivity contribution in [1.29, 1.82) is 5.41 Å². The van der Waals surface area contributed by atoms with Crippen LogP contribution in [-0.2, 0) is 11.4 Å². The van der Waals surface area contributed by atoms with E-state index in [1.807, 2.05) is 60.7 Å². The van der Waals surface area contributed by atoms with Gasteiger partial charge in [-0.15, -0.1) is 0 Å². The van der Waals surface area contributed by atoms with Crippen LogP contribution in [0.3, 0.4) is 0 Å². The summed E-state index contributed by atoms with van der Waals surface area (Å²) in [6.07, 6.45) is 3.95. The number of amides is 1. The maximum Gasteiger partial charge on any atom is 0.235 e. The number of aliphatic imine (C=N–C) groups is 1. The number of benzene rings is 2. The van der Waals surface area contributed by atoms with Crippen LogP contribution in [0.2, 0.25) is 0 Å². The van der Waals surface area contributed by atoms with Gasteiger partial charge in [0.15, 0.2) is 0 Å². The molecule has 0 bridgehead atoms. The first-order valence-electron chi connectivity index (χ1n) is 8.06. The molecule has 1 unspecified atom stereocenters. The lowest BCUT2D eigenvalue weighted by Gasteiger charge is -2.12. The highest BCUT2D eigenvalue weighted by molar-refractivity contribution is 6.18. The molecule has 0 aromatic heterocycles. The van der Waals surface area contributed by atoms with Gasteiger partial charge in [-0.05, 0) is 35.3 Å². The standard InChI is InChI=1S/C20H19N3O2/c21-19-18(20(25)23-17-4-2-1-3-5-17)11-10-16(12-22-19)15-8-6-14(13-24)7-9-15/h1-10,12,18,21,24H,11,13H2,(H,23,25). The summed E-state index contributed by atoms with van der Waals surface area (Å²) in [5, 5.41) is 20.0. The van der Waals surface area contributed by atoms with Gasteiger partial charge in [-0.25, -0.2) is 4.99 Å². The van der Waals surface area contributed by atoms with Gasteiger partial charge in [0, 0.05) is 11.9 Å². The molecule has 0 aliphatic carbocycles. The van der Waals surface area contributed by atoms with Gasteiger partial charge in [0.05, 0.1) is 6.61 Å². The van der Waals surface area contributed by atoms with Crippen molar-refractivity contribution in [2.45, 2.75) is 13.0 Å². The Balaban J connectivity index is 1.76. The topological polar surface area (TPSA) is 85.5 Å². The fourth-order valence-corrected chi connectivity index (χ4v) is 2.62. The largest absolute Gasteiger partial charge is 0.392 e. The summed E-state index contributed by atoms with van der Waals surface area (Å²) in [6.45, 7) is -0.000204. The summed E-state index contributed by atoms with van der Waals surface area (Å²) < 4.78 is 0. The lowest BCUT2D eigenvalue weighted by atomic mass is 9.99. The summed E-state index contributed by atoms with van der Waals surface area (Å²) in [5.74, 6) is -0.807. The number of aliphatic hydroxyl groups is 1. The SMILES string of the molecule is N=C1N=CC(c2ccc(CO)cc2)=CCC1C(=O)Nc1ccccc1. The monoisotopic (exact) mass is 333 g/mol. The van der Waals surface area contributed by atoms with Crippen LogP contribution in [0.5, 0.6) is 0 Å². The third-order valence-corrected chi connectivity index (χ3v) is 4.07. The van der Waals surface area contributed by atoms with Gasteiger partial charge in [0.1, 0.15) is 11.8 Å². The Morgan fingerprint density at radius 1 is 1.16 bits per heavy atom. The normalized spacial score (nSPS) is 16.9. The molecular weight excluding hydrogens is 314 g/mol. The average molecular weight is 333 g/mol. The number of hydrogen-bond donors (Lipinski definition) is 3. The van der Waals surface area contributed by atoms with Crippen LogP contribution in [0.25, 0.3) is 5.57 Å². The molecule has 0 fully saturated rings. The van der Waals surface area contributed by atoms with Gasteiger partial charge in [0.2, 0.25) is 5.91 Å². The number of allylic oxidation sites excluding steroid dienone is 2. The Morgan fingerprint density at radius 2 is 1.88 bits per heavy atom. The number of anilines is 1. The van der Waals surface area contributed by atoms with E-state index >= 15 is 0 Å². The number of para-hydroxylation sites is 1. The molecule has 126 valence electrons. The number of amidine groups is 1. The van der Waals surface area contributed by atoms with E-state index in [0.717, 1.165) is 16.7 Å². The average Bonchev–Trinajstić information content (AvgIpc) is 2.84. The second-order valence-electron chi connectivity index (χ2n) is 5.80. The third kappa shape index (κ3) is 4.08. The smallest absolute Gasteiger partial charge is 0.235 e. The second-order valence-corrected chi connectivity index (χ2v) is 5.80. The van der Waals surface area contributed by atoms with E-state index in [-0.39, 0.29) is 18.3 Å². The van der Waals surface area contributed by atoms with E-state index in [2.05, 4.69) is 10.3 Å². The zero-order valence-corrected chi connectivity index (χ0v) is 13.6. The van der Waals surface area contributed by atoms with Crippen molar-refractivity contribution >= 4 is 29.2 Å². The summed E-state index contributed by atoms with van der Waals surface area (Å²) in [5.41, 5.74) is 3.35. The molecule has 0 saturated carbocycles. The first kappa shape index (κ1) is 16.8.